The second-order valence-corrected chi connectivity index (χ2v) is 6.06. The van der Waals surface area contributed by atoms with Gasteiger partial charge in [-0.1, -0.05) is 6.07 Å². The molecule has 0 spiro atoms. The third-order valence-corrected chi connectivity index (χ3v) is 4.09. The molecule has 0 aromatic carbocycles. The van der Waals surface area contributed by atoms with E-state index in [2.05, 4.69) is 9.71 Å². The maximum absolute atomic E-state index is 11.7. The molecule has 0 radical (unpaired) electrons. The molecule has 0 aliphatic heterocycles. The Morgan fingerprint density at radius 1 is 1.41 bits per heavy atom. The van der Waals surface area contributed by atoms with Gasteiger partial charge in [0.15, 0.2) is 0 Å². The summed E-state index contributed by atoms with van der Waals surface area (Å²) in [6, 6.07) is 5.12. The van der Waals surface area contributed by atoms with Crippen LogP contribution in [0.5, 0.6) is 0 Å². The van der Waals surface area contributed by atoms with Gasteiger partial charge < -0.3 is 0 Å². The van der Waals surface area contributed by atoms with Crippen LogP contribution in [0.4, 0.5) is 0 Å². The number of nitrogens with one attached hydrogen (secondary N) is 1. The van der Waals surface area contributed by atoms with Crippen LogP contribution in [0.1, 0.15) is 31.5 Å². The Hall–Kier alpha value is -0.650. The zero-order chi connectivity index (χ0) is 12.7. The average Bonchev–Trinajstić information content (AvgIpc) is 2.30. The third kappa shape index (κ3) is 5.48. The minimum atomic E-state index is -3.25. The fraction of sp³-hybridized carbons (Fsp3) is 0.545. The van der Waals surface area contributed by atoms with Gasteiger partial charge in [-0.15, -0.1) is 11.6 Å². The van der Waals surface area contributed by atoms with Gasteiger partial charge in [-0.2, -0.15) is 0 Å². The Morgan fingerprint density at radius 3 is 2.76 bits per heavy atom. The molecule has 1 unspecified atom stereocenters. The normalized spacial score (nSPS) is 13.5. The van der Waals surface area contributed by atoms with Crippen molar-refractivity contribution >= 4 is 21.6 Å². The lowest BCUT2D eigenvalue weighted by Crippen LogP contribution is -2.29. The van der Waals surface area contributed by atoms with E-state index in [0.29, 0.717) is 24.4 Å². The van der Waals surface area contributed by atoms with E-state index in [4.69, 9.17) is 11.6 Å². The second kappa shape index (κ2) is 6.93. The third-order valence-electron chi connectivity index (χ3n) is 2.28. The van der Waals surface area contributed by atoms with Crippen molar-refractivity contribution in [3.8, 4) is 0 Å². The van der Waals surface area contributed by atoms with Gasteiger partial charge in [0.1, 0.15) is 0 Å². The Bertz CT molecular complexity index is 422. The number of hydrogen-bond donors (Lipinski definition) is 1. The number of sulfonamides is 1. The predicted octanol–water partition coefficient (Wildman–Crippen LogP) is 2.08. The van der Waals surface area contributed by atoms with E-state index in [0.717, 1.165) is 0 Å². The molecule has 0 saturated carbocycles. The van der Waals surface area contributed by atoms with E-state index < -0.39 is 10.0 Å². The number of alkyl halides is 1. The summed E-state index contributed by atoms with van der Waals surface area (Å²) in [4.78, 5) is 4.11. The monoisotopic (exact) mass is 276 g/mol. The van der Waals surface area contributed by atoms with Crippen LogP contribution in [0.25, 0.3) is 0 Å². The van der Waals surface area contributed by atoms with Gasteiger partial charge in [-0.05, 0) is 31.9 Å². The molecule has 1 aromatic rings. The highest BCUT2D eigenvalue weighted by Gasteiger charge is 2.15. The molecular formula is C11H17ClN2O2S. The zero-order valence-electron chi connectivity index (χ0n) is 9.77. The summed E-state index contributed by atoms with van der Waals surface area (Å²) in [6.45, 7) is 1.78. The average molecular weight is 277 g/mol. The molecule has 6 heteroatoms. The van der Waals surface area contributed by atoms with Crippen LogP contribution in [0.2, 0.25) is 0 Å². The fourth-order valence-corrected chi connectivity index (χ4v) is 2.96. The van der Waals surface area contributed by atoms with Crippen LogP contribution < -0.4 is 4.72 Å². The first-order valence-electron chi connectivity index (χ1n) is 5.52. The summed E-state index contributed by atoms with van der Waals surface area (Å²) >= 11 is 5.51. The van der Waals surface area contributed by atoms with Crippen LogP contribution in [0.15, 0.2) is 24.4 Å². The standard InChI is InChI=1S/C11H17ClN2O2S/c1-10(11-6-2-4-8-13-11)14-17(15,16)9-5-3-7-12/h2,4,6,8,10,14H,3,5,7,9H2,1H3. The van der Waals surface area contributed by atoms with Crippen LogP contribution in [0.3, 0.4) is 0 Å². The topological polar surface area (TPSA) is 59.1 Å². The van der Waals surface area contributed by atoms with Crippen LogP contribution in [0, 0.1) is 0 Å². The van der Waals surface area contributed by atoms with Crippen molar-refractivity contribution < 1.29 is 8.42 Å². The highest BCUT2D eigenvalue weighted by molar-refractivity contribution is 7.89. The Kier molecular flexibility index (Phi) is 5.88. The molecule has 0 aliphatic rings. The summed E-state index contributed by atoms with van der Waals surface area (Å²) in [5, 5.41) is 0. The summed E-state index contributed by atoms with van der Waals surface area (Å²) in [7, 11) is -3.25. The molecule has 1 N–H and O–H groups in total. The molecule has 96 valence electrons. The minimum absolute atomic E-state index is 0.108. The van der Waals surface area contributed by atoms with Gasteiger partial charge in [-0.25, -0.2) is 13.1 Å². The van der Waals surface area contributed by atoms with Gasteiger partial charge in [0.05, 0.1) is 17.5 Å². The van der Waals surface area contributed by atoms with Crippen molar-refractivity contribution in [2.75, 3.05) is 11.6 Å². The number of nitrogens with zero attached hydrogens (tertiary/aromatic N) is 1. The first-order chi connectivity index (χ1) is 8.05. The molecule has 0 bridgehead atoms. The van der Waals surface area contributed by atoms with E-state index in [9.17, 15) is 8.42 Å². The lowest BCUT2D eigenvalue weighted by atomic mass is 10.2. The van der Waals surface area contributed by atoms with Crippen molar-refractivity contribution in [1.29, 1.82) is 0 Å². The van der Waals surface area contributed by atoms with E-state index in [1.54, 1.807) is 25.3 Å². The highest BCUT2D eigenvalue weighted by atomic mass is 35.5. The maximum atomic E-state index is 11.7. The highest BCUT2D eigenvalue weighted by Crippen LogP contribution is 2.10. The lowest BCUT2D eigenvalue weighted by Gasteiger charge is -2.13. The second-order valence-electron chi connectivity index (χ2n) is 3.81. The number of unbranched alkanes of at least 4 members (excludes halogenated alkanes) is 1. The van der Waals surface area contributed by atoms with Crippen LogP contribution >= 0.6 is 11.6 Å². The molecule has 1 aromatic heterocycles. The molecule has 0 fully saturated rings. The lowest BCUT2D eigenvalue weighted by molar-refractivity contribution is 0.561. The Morgan fingerprint density at radius 2 is 2.18 bits per heavy atom. The van der Waals surface area contributed by atoms with Gasteiger partial charge in [-0.3, -0.25) is 4.98 Å². The van der Waals surface area contributed by atoms with Crippen molar-refractivity contribution in [3.05, 3.63) is 30.1 Å². The van der Waals surface area contributed by atoms with Gasteiger partial charge in [0, 0.05) is 12.1 Å². The number of hydrogen-bond acceptors (Lipinski definition) is 3. The molecule has 1 atom stereocenters. The number of rotatable bonds is 7. The van der Waals surface area contributed by atoms with E-state index >= 15 is 0 Å². The minimum Gasteiger partial charge on any atom is -0.260 e. The van der Waals surface area contributed by atoms with E-state index in [1.807, 2.05) is 6.07 Å². The van der Waals surface area contributed by atoms with Gasteiger partial charge in [0.2, 0.25) is 10.0 Å². The maximum Gasteiger partial charge on any atom is 0.212 e. The van der Waals surface area contributed by atoms with Gasteiger partial charge >= 0.3 is 0 Å². The molecule has 17 heavy (non-hydrogen) atoms. The summed E-state index contributed by atoms with van der Waals surface area (Å²) in [5.41, 5.74) is 0.716. The van der Waals surface area contributed by atoms with Crippen LogP contribution in [-0.4, -0.2) is 25.0 Å². The van der Waals surface area contributed by atoms with Crippen LogP contribution in [-0.2, 0) is 10.0 Å². The van der Waals surface area contributed by atoms with Crippen molar-refractivity contribution in [3.63, 3.8) is 0 Å². The Balaban J connectivity index is 2.53. The van der Waals surface area contributed by atoms with E-state index in [1.165, 1.54) is 0 Å². The molecular weight excluding hydrogens is 260 g/mol. The number of aromatic nitrogens is 1. The SMILES string of the molecule is CC(NS(=O)(=O)CCCCCl)c1ccccn1. The molecule has 4 nitrogen and oxygen atoms in total. The molecule has 0 saturated heterocycles. The first-order valence-corrected chi connectivity index (χ1v) is 7.71. The molecule has 1 rings (SSSR count). The van der Waals surface area contributed by atoms with Crippen molar-refractivity contribution in [2.24, 2.45) is 0 Å². The van der Waals surface area contributed by atoms with E-state index in [-0.39, 0.29) is 11.8 Å². The first kappa shape index (κ1) is 14.4. The summed E-state index contributed by atoms with van der Waals surface area (Å²) in [6.07, 6.45) is 2.93. The largest absolute Gasteiger partial charge is 0.260 e. The van der Waals surface area contributed by atoms with Gasteiger partial charge in [0.25, 0.3) is 0 Å². The number of halogens is 1. The zero-order valence-corrected chi connectivity index (χ0v) is 11.3. The molecule has 0 aliphatic carbocycles. The smallest absolute Gasteiger partial charge is 0.212 e. The number of pyridine rings is 1. The Labute approximate surface area is 107 Å². The predicted molar refractivity (Wildman–Crippen MR) is 69.5 cm³/mol. The fourth-order valence-electron chi connectivity index (χ4n) is 1.41. The van der Waals surface area contributed by atoms with Crippen molar-refractivity contribution in [2.45, 2.75) is 25.8 Å². The summed E-state index contributed by atoms with van der Waals surface area (Å²) < 4.78 is 26.0. The molecule has 0 amide bonds. The summed E-state index contributed by atoms with van der Waals surface area (Å²) in [5.74, 6) is 0.599. The quantitative estimate of drug-likeness (QED) is 0.613. The van der Waals surface area contributed by atoms with Crippen molar-refractivity contribution in [1.82, 2.24) is 9.71 Å². The molecule has 1 heterocycles.